The van der Waals surface area contributed by atoms with Crippen LogP contribution in [0.25, 0.3) is 10.9 Å². The Bertz CT molecular complexity index is 858. The molecule has 3 nitrogen and oxygen atoms in total. The zero-order valence-corrected chi connectivity index (χ0v) is 13.2. The molecule has 0 aliphatic rings. The highest BCUT2D eigenvalue weighted by atomic mass is 19.1. The van der Waals surface area contributed by atoms with Gasteiger partial charge in [0.15, 0.2) is 5.88 Å². The number of H-pyrrole nitrogens is 1. The molecule has 0 saturated heterocycles. The van der Waals surface area contributed by atoms with E-state index in [2.05, 4.69) is 36.0 Å². The van der Waals surface area contributed by atoms with Crippen molar-refractivity contribution in [1.82, 2.24) is 4.98 Å². The number of hydrogen-bond donors (Lipinski definition) is 2. The number of benzene rings is 2. The minimum Gasteiger partial charge on any atom is -0.494 e. The zero-order valence-electron chi connectivity index (χ0n) is 13.2. The van der Waals surface area contributed by atoms with Crippen molar-refractivity contribution < 1.29 is 9.50 Å². The van der Waals surface area contributed by atoms with E-state index in [1.54, 1.807) is 12.3 Å². The second-order valence-electron chi connectivity index (χ2n) is 5.47. The molecule has 0 atom stereocenters. The summed E-state index contributed by atoms with van der Waals surface area (Å²) in [5.41, 5.74) is 4.44. The summed E-state index contributed by atoms with van der Waals surface area (Å²) in [7, 11) is 0. The van der Waals surface area contributed by atoms with Crippen molar-refractivity contribution in [3.63, 3.8) is 0 Å². The molecule has 4 heteroatoms. The number of aromatic amines is 1. The molecule has 0 aliphatic heterocycles. The number of aromatic hydroxyl groups is 1. The molecule has 3 aromatic rings. The monoisotopic (exact) mass is 310 g/mol. The van der Waals surface area contributed by atoms with Crippen LogP contribution in [0.4, 0.5) is 10.1 Å². The van der Waals surface area contributed by atoms with Crippen LogP contribution in [0.3, 0.4) is 0 Å². The van der Waals surface area contributed by atoms with Crippen molar-refractivity contribution >= 4 is 22.8 Å². The minimum atomic E-state index is -0.339. The molecule has 3 rings (SSSR count). The second-order valence-corrected chi connectivity index (χ2v) is 5.47. The Morgan fingerprint density at radius 2 is 1.83 bits per heavy atom. The first kappa shape index (κ1) is 15.3. The molecule has 23 heavy (non-hydrogen) atoms. The van der Waals surface area contributed by atoms with E-state index in [0.717, 1.165) is 29.7 Å². The third-order valence-corrected chi connectivity index (χ3v) is 4.07. The quantitative estimate of drug-likeness (QED) is 0.662. The van der Waals surface area contributed by atoms with Crippen molar-refractivity contribution in [3.8, 4) is 5.88 Å². The number of hydrogen-bond acceptors (Lipinski definition) is 2. The molecule has 118 valence electrons. The first-order chi connectivity index (χ1) is 11.1. The van der Waals surface area contributed by atoms with Crippen LogP contribution in [0, 0.1) is 5.82 Å². The first-order valence-electron chi connectivity index (χ1n) is 7.79. The van der Waals surface area contributed by atoms with E-state index in [1.165, 1.54) is 12.1 Å². The standard InChI is InChI=1S/C19H19FN2O/c1-3-12-6-5-7-13(4-2)18(12)21-11-16-15-10-14(20)8-9-17(15)22-19(16)23/h5-11,22-23H,3-4H2,1-2H3. The van der Waals surface area contributed by atoms with Gasteiger partial charge in [-0.15, -0.1) is 0 Å². The van der Waals surface area contributed by atoms with Crippen molar-refractivity contribution in [1.29, 1.82) is 0 Å². The lowest BCUT2D eigenvalue weighted by Gasteiger charge is -2.08. The largest absolute Gasteiger partial charge is 0.494 e. The Morgan fingerprint density at radius 3 is 2.48 bits per heavy atom. The Hall–Kier alpha value is -2.62. The molecule has 0 radical (unpaired) electrons. The maximum Gasteiger partial charge on any atom is 0.198 e. The van der Waals surface area contributed by atoms with Gasteiger partial charge in [-0.05, 0) is 42.2 Å². The lowest BCUT2D eigenvalue weighted by atomic mass is 10.0. The smallest absolute Gasteiger partial charge is 0.198 e. The summed E-state index contributed by atoms with van der Waals surface area (Å²) in [6.45, 7) is 4.18. The van der Waals surface area contributed by atoms with E-state index in [1.807, 2.05) is 6.07 Å². The van der Waals surface area contributed by atoms with Gasteiger partial charge >= 0.3 is 0 Å². The highest BCUT2D eigenvalue weighted by molar-refractivity contribution is 6.02. The van der Waals surface area contributed by atoms with E-state index in [-0.39, 0.29) is 11.7 Å². The van der Waals surface area contributed by atoms with Gasteiger partial charge < -0.3 is 10.1 Å². The summed E-state index contributed by atoms with van der Waals surface area (Å²) in [5.74, 6) is -0.337. The SMILES string of the molecule is CCc1cccc(CC)c1N=Cc1c(O)[nH]c2ccc(F)cc12. The predicted octanol–water partition coefficient (Wildman–Crippen LogP) is 4.89. The highest BCUT2D eigenvalue weighted by Crippen LogP contribution is 2.29. The third kappa shape index (κ3) is 2.84. The minimum absolute atomic E-state index is 0.00128. The van der Waals surface area contributed by atoms with Gasteiger partial charge in [0.2, 0.25) is 0 Å². The molecular formula is C19H19FN2O. The topological polar surface area (TPSA) is 48.4 Å². The van der Waals surface area contributed by atoms with Gasteiger partial charge in [0.1, 0.15) is 5.82 Å². The molecular weight excluding hydrogens is 291 g/mol. The molecule has 0 saturated carbocycles. The number of aliphatic imine (C=N–C) groups is 1. The molecule has 0 unspecified atom stereocenters. The predicted molar refractivity (Wildman–Crippen MR) is 92.4 cm³/mol. The number of para-hydroxylation sites is 1. The highest BCUT2D eigenvalue weighted by Gasteiger charge is 2.11. The summed E-state index contributed by atoms with van der Waals surface area (Å²) in [5, 5.41) is 10.7. The van der Waals surface area contributed by atoms with Crippen molar-refractivity contribution in [3.05, 3.63) is 58.9 Å². The van der Waals surface area contributed by atoms with Crippen molar-refractivity contribution in [2.75, 3.05) is 0 Å². The van der Waals surface area contributed by atoms with Gasteiger partial charge in [-0.3, -0.25) is 4.99 Å². The van der Waals surface area contributed by atoms with Crippen molar-refractivity contribution in [2.24, 2.45) is 4.99 Å². The third-order valence-electron chi connectivity index (χ3n) is 4.07. The molecule has 1 heterocycles. The molecule has 2 aromatic carbocycles. The molecule has 0 fully saturated rings. The van der Waals surface area contributed by atoms with Crippen LogP contribution in [0.2, 0.25) is 0 Å². The van der Waals surface area contributed by atoms with Crippen LogP contribution in [0.5, 0.6) is 5.88 Å². The zero-order chi connectivity index (χ0) is 16.4. The Balaban J connectivity index is 2.11. The molecule has 0 aliphatic carbocycles. The first-order valence-corrected chi connectivity index (χ1v) is 7.79. The Kier molecular flexibility index (Phi) is 4.15. The summed E-state index contributed by atoms with van der Waals surface area (Å²) < 4.78 is 13.5. The van der Waals surface area contributed by atoms with Crippen LogP contribution in [0.1, 0.15) is 30.5 Å². The number of aromatic nitrogens is 1. The number of fused-ring (bicyclic) bond motifs is 1. The maximum absolute atomic E-state index is 13.5. The average molecular weight is 310 g/mol. The van der Waals surface area contributed by atoms with E-state index < -0.39 is 0 Å². The van der Waals surface area contributed by atoms with Crippen LogP contribution >= 0.6 is 0 Å². The fourth-order valence-corrected chi connectivity index (χ4v) is 2.81. The number of halogens is 1. The normalized spacial score (nSPS) is 11.6. The van der Waals surface area contributed by atoms with Gasteiger partial charge in [-0.1, -0.05) is 32.0 Å². The molecule has 0 spiro atoms. The van der Waals surface area contributed by atoms with Crippen molar-refractivity contribution in [2.45, 2.75) is 26.7 Å². The van der Waals surface area contributed by atoms with E-state index in [4.69, 9.17) is 0 Å². The summed E-state index contributed by atoms with van der Waals surface area (Å²) in [6, 6.07) is 10.5. The summed E-state index contributed by atoms with van der Waals surface area (Å²) in [6.07, 6.45) is 3.38. The van der Waals surface area contributed by atoms with Crippen LogP contribution in [0.15, 0.2) is 41.4 Å². The van der Waals surface area contributed by atoms with Gasteiger partial charge in [0, 0.05) is 17.1 Å². The lowest BCUT2D eigenvalue weighted by molar-refractivity contribution is 0.457. The Morgan fingerprint density at radius 1 is 1.13 bits per heavy atom. The molecule has 0 amide bonds. The van der Waals surface area contributed by atoms with Crippen LogP contribution in [-0.4, -0.2) is 16.3 Å². The van der Waals surface area contributed by atoms with Gasteiger partial charge in [0.05, 0.1) is 11.3 Å². The number of nitrogens with one attached hydrogen (secondary N) is 1. The molecule has 2 N–H and O–H groups in total. The lowest BCUT2D eigenvalue weighted by Crippen LogP contribution is -1.89. The second kappa shape index (κ2) is 6.24. The van der Waals surface area contributed by atoms with Gasteiger partial charge in [-0.2, -0.15) is 0 Å². The van der Waals surface area contributed by atoms with Crippen LogP contribution in [-0.2, 0) is 12.8 Å². The Labute approximate surface area is 134 Å². The fraction of sp³-hybridized carbons (Fsp3) is 0.211. The van der Waals surface area contributed by atoms with Gasteiger partial charge in [0.25, 0.3) is 0 Å². The number of aryl methyl sites for hydroxylation is 2. The van der Waals surface area contributed by atoms with Gasteiger partial charge in [-0.25, -0.2) is 4.39 Å². The summed E-state index contributed by atoms with van der Waals surface area (Å²) >= 11 is 0. The number of rotatable bonds is 4. The number of nitrogens with zero attached hydrogens (tertiary/aromatic N) is 1. The molecule has 1 aromatic heterocycles. The molecule has 0 bridgehead atoms. The van der Waals surface area contributed by atoms with E-state index in [0.29, 0.717) is 16.5 Å². The summed E-state index contributed by atoms with van der Waals surface area (Å²) in [4.78, 5) is 7.45. The maximum atomic E-state index is 13.5. The van der Waals surface area contributed by atoms with E-state index >= 15 is 0 Å². The average Bonchev–Trinajstić information content (AvgIpc) is 2.87. The fourth-order valence-electron chi connectivity index (χ4n) is 2.81. The van der Waals surface area contributed by atoms with Crippen LogP contribution < -0.4 is 0 Å². The van der Waals surface area contributed by atoms with E-state index in [9.17, 15) is 9.50 Å².